The third-order valence-electron chi connectivity index (χ3n) is 4.61. The lowest BCUT2D eigenvalue weighted by atomic mass is 10.1. The highest BCUT2D eigenvalue weighted by Crippen LogP contribution is 2.26. The molecule has 1 aromatic heterocycles. The van der Waals surface area contributed by atoms with Crippen LogP contribution in [-0.4, -0.2) is 35.0 Å². The van der Waals surface area contributed by atoms with Crippen LogP contribution < -0.4 is 10.2 Å². The molecule has 5 nitrogen and oxygen atoms in total. The first-order valence-electron chi connectivity index (χ1n) is 8.79. The summed E-state index contributed by atoms with van der Waals surface area (Å²) in [5.41, 5.74) is 1.58. The van der Waals surface area contributed by atoms with Crippen molar-refractivity contribution in [3.63, 3.8) is 0 Å². The third-order valence-corrected chi connectivity index (χ3v) is 4.61. The number of hydrogen-bond donors (Lipinski definition) is 1. The number of nitrogens with zero attached hydrogens (tertiary/aromatic N) is 3. The van der Waals surface area contributed by atoms with Gasteiger partial charge in [-0.05, 0) is 32.1 Å². The van der Waals surface area contributed by atoms with Crippen molar-refractivity contribution in [3.05, 3.63) is 42.1 Å². The van der Waals surface area contributed by atoms with Gasteiger partial charge in [-0.2, -0.15) is 0 Å². The first-order valence-corrected chi connectivity index (χ1v) is 8.79. The molecule has 1 amide bonds. The van der Waals surface area contributed by atoms with E-state index < -0.39 is 0 Å². The average Bonchev–Trinajstić information content (AvgIpc) is 3.46. The molecule has 0 radical (unpaired) electrons. The summed E-state index contributed by atoms with van der Waals surface area (Å²) >= 11 is 0. The van der Waals surface area contributed by atoms with Gasteiger partial charge in [-0.1, -0.05) is 30.3 Å². The van der Waals surface area contributed by atoms with Crippen LogP contribution in [0.5, 0.6) is 0 Å². The molecule has 2 fully saturated rings. The van der Waals surface area contributed by atoms with Crippen molar-refractivity contribution < 1.29 is 4.79 Å². The molecule has 1 aromatic carbocycles. The van der Waals surface area contributed by atoms with Gasteiger partial charge in [0, 0.05) is 30.9 Å². The number of amides is 1. The van der Waals surface area contributed by atoms with E-state index in [-0.39, 0.29) is 5.91 Å². The lowest BCUT2D eigenvalue weighted by Gasteiger charge is -2.29. The predicted octanol–water partition coefficient (Wildman–Crippen LogP) is 3.03. The summed E-state index contributed by atoms with van der Waals surface area (Å²) in [7, 11) is 0. The van der Waals surface area contributed by atoms with Crippen LogP contribution in [0.3, 0.4) is 0 Å². The smallest absolute Gasteiger partial charge is 0.256 e. The summed E-state index contributed by atoms with van der Waals surface area (Å²) in [6.07, 6.45) is 7.39. The Hall–Kier alpha value is -2.43. The van der Waals surface area contributed by atoms with Crippen LogP contribution in [0, 0.1) is 0 Å². The molecular formula is C19H22N4O. The SMILES string of the molecule is O=C(NC1CC1)c1cnc(-c2ccccc2)nc1N1CCCCC1. The van der Waals surface area contributed by atoms with Crippen molar-refractivity contribution in [2.75, 3.05) is 18.0 Å². The Morgan fingerprint density at radius 1 is 1.08 bits per heavy atom. The maximum Gasteiger partial charge on any atom is 0.256 e. The molecule has 2 aliphatic rings. The zero-order valence-electron chi connectivity index (χ0n) is 13.7. The fourth-order valence-corrected chi connectivity index (χ4v) is 3.10. The second-order valence-electron chi connectivity index (χ2n) is 6.59. The summed E-state index contributed by atoms with van der Waals surface area (Å²) < 4.78 is 0. The fourth-order valence-electron chi connectivity index (χ4n) is 3.10. The van der Waals surface area contributed by atoms with Crippen LogP contribution in [-0.2, 0) is 0 Å². The Bertz CT molecular complexity index is 721. The van der Waals surface area contributed by atoms with Gasteiger partial charge in [-0.25, -0.2) is 9.97 Å². The zero-order valence-corrected chi connectivity index (χ0v) is 13.7. The largest absolute Gasteiger partial charge is 0.356 e. The molecule has 4 rings (SSSR count). The number of benzene rings is 1. The van der Waals surface area contributed by atoms with E-state index in [1.807, 2.05) is 30.3 Å². The Kier molecular flexibility index (Phi) is 4.15. The van der Waals surface area contributed by atoms with Gasteiger partial charge in [0.1, 0.15) is 11.4 Å². The van der Waals surface area contributed by atoms with Gasteiger partial charge >= 0.3 is 0 Å². The van der Waals surface area contributed by atoms with Gasteiger partial charge < -0.3 is 10.2 Å². The van der Waals surface area contributed by atoms with E-state index >= 15 is 0 Å². The van der Waals surface area contributed by atoms with Crippen molar-refractivity contribution >= 4 is 11.7 Å². The van der Waals surface area contributed by atoms with Crippen LogP contribution >= 0.6 is 0 Å². The minimum absolute atomic E-state index is 0.0438. The number of carbonyl (C=O) groups excluding carboxylic acids is 1. The molecule has 124 valence electrons. The van der Waals surface area contributed by atoms with E-state index in [2.05, 4.69) is 15.2 Å². The molecule has 1 saturated heterocycles. The van der Waals surface area contributed by atoms with E-state index in [1.54, 1.807) is 6.20 Å². The molecule has 1 saturated carbocycles. The highest BCUT2D eigenvalue weighted by molar-refractivity contribution is 5.99. The zero-order chi connectivity index (χ0) is 16.4. The van der Waals surface area contributed by atoms with Crippen molar-refractivity contribution in [2.24, 2.45) is 0 Å². The van der Waals surface area contributed by atoms with Crippen molar-refractivity contribution in [1.82, 2.24) is 15.3 Å². The maximum atomic E-state index is 12.6. The molecule has 0 unspecified atom stereocenters. The molecule has 0 bridgehead atoms. The lowest BCUT2D eigenvalue weighted by molar-refractivity contribution is 0.0951. The molecule has 1 aliphatic heterocycles. The van der Waals surface area contributed by atoms with E-state index in [4.69, 9.17) is 4.98 Å². The Morgan fingerprint density at radius 3 is 2.54 bits per heavy atom. The number of carbonyl (C=O) groups is 1. The summed E-state index contributed by atoms with van der Waals surface area (Å²) in [5.74, 6) is 1.42. The van der Waals surface area contributed by atoms with Gasteiger partial charge in [0.15, 0.2) is 5.82 Å². The summed E-state index contributed by atoms with van der Waals surface area (Å²) in [6.45, 7) is 1.91. The second kappa shape index (κ2) is 6.59. The van der Waals surface area contributed by atoms with Gasteiger partial charge in [-0.3, -0.25) is 4.79 Å². The van der Waals surface area contributed by atoms with Crippen molar-refractivity contribution in [1.29, 1.82) is 0 Å². The number of anilines is 1. The molecular weight excluding hydrogens is 300 g/mol. The molecule has 0 spiro atoms. The lowest BCUT2D eigenvalue weighted by Crippen LogP contribution is -2.34. The molecule has 1 N–H and O–H groups in total. The topological polar surface area (TPSA) is 58.1 Å². The van der Waals surface area contributed by atoms with E-state index in [0.717, 1.165) is 50.2 Å². The normalized spacial score (nSPS) is 17.6. The van der Waals surface area contributed by atoms with Gasteiger partial charge in [0.05, 0.1) is 0 Å². The molecule has 2 aromatic rings. The van der Waals surface area contributed by atoms with Gasteiger partial charge in [-0.15, -0.1) is 0 Å². The number of rotatable bonds is 4. The maximum absolute atomic E-state index is 12.6. The average molecular weight is 322 g/mol. The molecule has 1 aliphatic carbocycles. The predicted molar refractivity (Wildman–Crippen MR) is 94.0 cm³/mol. The minimum atomic E-state index is -0.0438. The summed E-state index contributed by atoms with van der Waals surface area (Å²) in [5, 5.41) is 3.06. The quantitative estimate of drug-likeness (QED) is 0.940. The van der Waals surface area contributed by atoms with Gasteiger partial charge in [0.2, 0.25) is 0 Å². The van der Waals surface area contributed by atoms with Crippen LogP contribution in [0.4, 0.5) is 5.82 Å². The molecule has 24 heavy (non-hydrogen) atoms. The third kappa shape index (κ3) is 3.25. The Balaban J connectivity index is 1.70. The first-order chi connectivity index (χ1) is 11.8. The van der Waals surface area contributed by atoms with E-state index in [9.17, 15) is 4.79 Å². The minimum Gasteiger partial charge on any atom is -0.356 e. The van der Waals surface area contributed by atoms with Crippen molar-refractivity contribution in [2.45, 2.75) is 38.1 Å². The Morgan fingerprint density at radius 2 is 1.83 bits per heavy atom. The highest BCUT2D eigenvalue weighted by atomic mass is 16.1. The highest BCUT2D eigenvalue weighted by Gasteiger charge is 2.27. The van der Waals surface area contributed by atoms with Crippen LogP contribution in [0.15, 0.2) is 36.5 Å². The first kappa shape index (κ1) is 15.1. The number of piperidine rings is 1. The van der Waals surface area contributed by atoms with Crippen molar-refractivity contribution in [3.8, 4) is 11.4 Å². The van der Waals surface area contributed by atoms with Gasteiger partial charge in [0.25, 0.3) is 5.91 Å². The summed E-state index contributed by atoms with van der Waals surface area (Å²) in [4.78, 5) is 24.0. The van der Waals surface area contributed by atoms with E-state index in [1.165, 1.54) is 6.42 Å². The number of hydrogen-bond acceptors (Lipinski definition) is 4. The monoisotopic (exact) mass is 322 g/mol. The molecule has 0 atom stereocenters. The molecule has 2 heterocycles. The summed E-state index contributed by atoms with van der Waals surface area (Å²) in [6, 6.07) is 10.3. The van der Waals surface area contributed by atoms with Crippen LogP contribution in [0.2, 0.25) is 0 Å². The van der Waals surface area contributed by atoms with Crippen LogP contribution in [0.1, 0.15) is 42.5 Å². The number of aromatic nitrogens is 2. The fraction of sp³-hybridized carbons (Fsp3) is 0.421. The van der Waals surface area contributed by atoms with E-state index in [0.29, 0.717) is 17.4 Å². The number of nitrogens with one attached hydrogen (secondary N) is 1. The molecule has 5 heteroatoms. The van der Waals surface area contributed by atoms with Crippen LogP contribution in [0.25, 0.3) is 11.4 Å². The Labute approximate surface area is 142 Å². The standard InChI is InChI=1S/C19H22N4O/c24-19(21-15-9-10-15)16-13-20-17(14-7-3-1-4-8-14)22-18(16)23-11-5-2-6-12-23/h1,3-4,7-8,13,15H,2,5-6,9-12H2,(H,21,24). The second-order valence-corrected chi connectivity index (χ2v) is 6.59.